The van der Waals surface area contributed by atoms with Gasteiger partial charge in [0, 0.05) is 5.41 Å². The highest BCUT2D eigenvalue weighted by Gasteiger charge is 2.29. The summed E-state index contributed by atoms with van der Waals surface area (Å²) in [5, 5.41) is 12.7. The zero-order valence-electron chi connectivity index (χ0n) is 11.0. The summed E-state index contributed by atoms with van der Waals surface area (Å²) in [7, 11) is 0. The lowest BCUT2D eigenvalue weighted by Gasteiger charge is -2.20. The SMILES string of the molecule is C#CCN(CC(=O)O)C(=O)c1snnc1C(C)(C)C. The maximum Gasteiger partial charge on any atom is 0.323 e. The Bertz CT molecular complexity index is 525. The van der Waals surface area contributed by atoms with Gasteiger partial charge in [-0.15, -0.1) is 11.5 Å². The molecule has 1 aromatic heterocycles. The van der Waals surface area contributed by atoms with Gasteiger partial charge in [0.05, 0.1) is 12.2 Å². The molecule has 102 valence electrons. The Hall–Kier alpha value is -1.94. The molecule has 1 amide bonds. The molecule has 0 unspecified atom stereocenters. The fourth-order valence-corrected chi connectivity index (χ4v) is 2.28. The number of hydrogen-bond donors (Lipinski definition) is 1. The molecule has 0 bridgehead atoms. The van der Waals surface area contributed by atoms with E-state index in [0.717, 1.165) is 16.4 Å². The molecule has 1 rings (SSSR count). The van der Waals surface area contributed by atoms with Crippen molar-refractivity contribution in [2.45, 2.75) is 26.2 Å². The summed E-state index contributed by atoms with van der Waals surface area (Å²) in [6, 6.07) is 0. The lowest BCUT2D eigenvalue weighted by Crippen LogP contribution is -2.36. The number of carboxylic acids is 1. The van der Waals surface area contributed by atoms with Gasteiger partial charge in [-0.3, -0.25) is 9.59 Å². The van der Waals surface area contributed by atoms with Gasteiger partial charge in [-0.1, -0.05) is 31.2 Å². The molecular formula is C12H15N3O3S. The van der Waals surface area contributed by atoms with Crippen LogP contribution in [0.1, 0.15) is 36.1 Å². The van der Waals surface area contributed by atoms with Crippen molar-refractivity contribution < 1.29 is 14.7 Å². The van der Waals surface area contributed by atoms with E-state index < -0.39 is 18.4 Å². The predicted octanol–water partition coefficient (Wildman–Crippen LogP) is 0.996. The number of hydrogen-bond acceptors (Lipinski definition) is 5. The Morgan fingerprint density at radius 1 is 1.47 bits per heavy atom. The van der Waals surface area contributed by atoms with Crippen LogP contribution in [-0.2, 0) is 10.2 Å². The highest BCUT2D eigenvalue weighted by molar-refractivity contribution is 7.08. The van der Waals surface area contributed by atoms with Crippen molar-refractivity contribution >= 4 is 23.4 Å². The first-order chi connectivity index (χ1) is 8.77. The van der Waals surface area contributed by atoms with Crippen LogP contribution < -0.4 is 0 Å². The number of terminal acetylenes is 1. The van der Waals surface area contributed by atoms with Crippen molar-refractivity contribution in [2.24, 2.45) is 0 Å². The van der Waals surface area contributed by atoms with Gasteiger partial charge in [0.25, 0.3) is 5.91 Å². The Labute approximate surface area is 115 Å². The molecule has 7 heteroatoms. The second kappa shape index (κ2) is 5.80. The lowest BCUT2D eigenvalue weighted by atomic mass is 9.91. The Kier molecular flexibility index (Phi) is 4.62. The Morgan fingerprint density at radius 3 is 2.58 bits per heavy atom. The summed E-state index contributed by atoms with van der Waals surface area (Å²) in [5.74, 6) is 0.723. The molecular weight excluding hydrogens is 266 g/mol. The second-order valence-corrected chi connectivity index (χ2v) is 5.71. The highest BCUT2D eigenvalue weighted by Crippen LogP contribution is 2.26. The highest BCUT2D eigenvalue weighted by atomic mass is 32.1. The third-order valence-electron chi connectivity index (χ3n) is 2.29. The first-order valence-corrected chi connectivity index (χ1v) is 6.32. The number of rotatable bonds is 4. The molecule has 0 saturated carbocycles. The summed E-state index contributed by atoms with van der Waals surface area (Å²) >= 11 is 0.952. The van der Waals surface area contributed by atoms with Crippen LogP contribution in [0.5, 0.6) is 0 Å². The van der Waals surface area contributed by atoms with Crippen LogP contribution >= 0.6 is 11.5 Å². The molecule has 1 aromatic rings. The molecule has 1 heterocycles. The van der Waals surface area contributed by atoms with E-state index >= 15 is 0 Å². The number of nitrogens with zero attached hydrogens (tertiary/aromatic N) is 3. The number of carbonyl (C=O) groups excluding carboxylic acids is 1. The molecule has 19 heavy (non-hydrogen) atoms. The first-order valence-electron chi connectivity index (χ1n) is 5.54. The fraction of sp³-hybridized carbons (Fsp3) is 0.500. The summed E-state index contributed by atoms with van der Waals surface area (Å²) in [4.78, 5) is 24.5. The molecule has 0 radical (unpaired) electrons. The largest absolute Gasteiger partial charge is 0.480 e. The van der Waals surface area contributed by atoms with Crippen molar-refractivity contribution in [3.63, 3.8) is 0 Å². The maximum absolute atomic E-state index is 12.3. The standard InChI is InChI=1S/C12H15N3O3S/c1-5-6-15(7-8(16)17)11(18)9-10(12(2,3)4)13-14-19-9/h1H,6-7H2,2-4H3,(H,16,17). The Morgan fingerprint density at radius 2 is 2.11 bits per heavy atom. The van der Waals surface area contributed by atoms with Crippen molar-refractivity contribution in [3.8, 4) is 12.3 Å². The van der Waals surface area contributed by atoms with Crippen LogP contribution in [0, 0.1) is 12.3 Å². The van der Waals surface area contributed by atoms with Gasteiger partial charge in [-0.2, -0.15) is 0 Å². The van der Waals surface area contributed by atoms with Gasteiger partial charge in [-0.05, 0) is 11.5 Å². The topological polar surface area (TPSA) is 83.4 Å². The van der Waals surface area contributed by atoms with Gasteiger partial charge in [0.1, 0.15) is 11.4 Å². The van der Waals surface area contributed by atoms with Crippen LogP contribution in [0.25, 0.3) is 0 Å². The normalized spacial score (nSPS) is 10.8. The van der Waals surface area contributed by atoms with E-state index in [2.05, 4.69) is 15.5 Å². The number of amides is 1. The maximum atomic E-state index is 12.3. The average Bonchev–Trinajstić information content (AvgIpc) is 2.75. The number of carboxylic acid groups (broad SMARTS) is 1. The van der Waals surface area contributed by atoms with E-state index in [1.54, 1.807) is 0 Å². The summed E-state index contributed by atoms with van der Waals surface area (Å²) in [5.41, 5.74) is 0.207. The minimum atomic E-state index is -1.11. The minimum Gasteiger partial charge on any atom is -0.480 e. The number of aromatic nitrogens is 2. The summed E-state index contributed by atoms with van der Waals surface area (Å²) < 4.78 is 3.78. The molecule has 0 atom stereocenters. The zero-order valence-corrected chi connectivity index (χ0v) is 11.8. The molecule has 1 N–H and O–H groups in total. The third-order valence-corrected chi connectivity index (χ3v) is 3.00. The first kappa shape index (κ1) is 15.1. The van der Waals surface area contributed by atoms with E-state index in [1.165, 1.54) is 0 Å². The van der Waals surface area contributed by atoms with Gasteiger partial charge < -0.3 is 10.0 Å². The monoisotopic (exact) mass is 281 g/mol. The summed E-state index contributed by atoms with van der Waals surface area (Å²) in [6.45, 7) is 5.22. The molecule has 6 nitrogen and oxygen atoms in total. The van der Waals surface area contributed by atoms with E-state index in [4.69, 9.17) is 11.5 Å². The van der Waals surface area contributed by atoms with Crippen LogP contribution in [0.3, 0.4) is 0 Å². The van der Waals surface area contributed by atoms with E-state index in [-0.39, 0.29) is 12.0 Å². The van der Waals surface area contributed by atoms with Crippen molar-refractivity contribution in [2.75, 3.05) is 13.1 Å². The van der Waals surface area contributed by atoms with Crippen LogP contribution in [-0.4, -0.2) is 44.6 Å². The van der Waals surface area contributed by atoms with Gasteiger partial charge in [0.15, 0.2) is 0 Å². The van der Waals surface area contributed by atoms with Crippen LogP contribution in [0.4, 0.5) is 0 Å². The van der Waals surface area contributed by atoms with E-state index in [9.17, 15) is 9.59 Å². The molecule has 0 spiro atoms. The Balaban J connectivity index is 3.08. The molecule has 0 saturated heterocycles. The predicted molar refractivity (Wildman–Crippen MR) is 71.0 cm³/mol. The smallest absolute Gasteiger partial charge is 0.323 e. The molecule has 0 fully saturated rings. The minimum absolute atomic E-state index is 0.0629. The average molecular weight is 281 g/mol. The fourth-order valence-electron chi connectivity index (χ4n) is 1.44. The third kappa shape index (κ3) is 3.76. The van der Waals surface area contributed by atoms with E-state index in [1.807, 2.05) is 20.8 Å². The molecule has 0 aromatic carbocycles. The molecule has 0 aliphatic rings. The van der Waals surface area contributed by atoms with Crippen molar-refractivity contribution in [3.05, 3.63) is 10.6 Å². The zero-order chi connectivity index (χ0) is 14.6. The van der Waals surface area contributed by atoms with Gasteiger partial charge in [0.2, 0.25) is 0 Å². The van der Waals surface area contributed by atoms with Gasteiger partial charge >= 0.3 is 5.97 Å². The van der Waals surface area contributed by atoms with Crippen molar-refractivity contribution in [1.29, 1.82) is 0 Å². The van der Waals surface area contributed by atoms with E-state index in [0.29, 0.717) is 10.6 Å². The van der Waals surface area contributed by atoms with Crippen LogP contribution in [0.15, 0.2) is 0 Å². The van der Waals surface area contributed by atoms with Crippen LogP contribution in [0.2, 0.25) is 0 Å². The number of carbonyl (C=O) groups is 2. The quantitative estimate of drug-likeness (QED) is 0.832. The number of aliphatic carboxylic acids is 1. The summed E-state index contributed by atoms with van der Waals surface area (Å²) in [6.07, 6.45) is 5.16. The lowest BCUT2D eigenvalue weighted by molar-refractivity contribution is -0.137. The second-order valence-electron chi connectivity index (χ2n) is 4.96. The molecule has 0 aliphatic heterocycles. The van der Waals surface area contributed by atoms with Crippen molar-refractivity contribution in [1.82, 2.24) is 14.5 Å². The van der Waals surface area contributed by atoms with Gasteiger partial charge in [-0.25, -0.2) is 0 Å². The molecule has 0 aliphatic carbocycles.